The number of hydrogen-bond donors (Lipinski definition) is 3. The second-order valence-electron chi connectivity index (χ2n) is 11.2. The van der Waals surface area contributed by atoms with Gasteiger partial charge in [0, 0.05) is 38.5 Å². The lowest BCUT2D eigenvalue weighted by Crippen LogP contribution is -2.33. The Kier molecular flexibility index (Phi) is 9.61. The molecule has 1 aromatic heterocycles. The van der Waals surface area contributed by atoms with Crippen LogP contribution in [0, 0.1) is 0 Å². The summed E-state index contributed by atoms with van der Waals surface area (Å²) in [4.78, 5) is 44.5. The van der Waals surface area contributed by atoms with Gasteiger partial charge in [0.15, 0.2) is 9.84 Å². The molecule has 0 atom stereocenters. The minimum absolute atomic E-state index is 0.119. The molecule has 5 rings (SSSR count). The second kappa shape index (κ2) is 13.4. The Bertz CT molecular complexity index is 1850. The van der Waals surface area contributed by atoms with Crippen LogP contribution in [0.15, 0.2) is 87.6 Å². The van der Waals surface area contributed by atoms with E-state index in [0.29, 0.717) is 21.8 Å². The molecule has 0 radical (unpaired) electrons. The average Bonchev–Trinajstić information content (AvgIpc) is 3.42. The maximum atomic E-state index is 13.0. The van der Waals surface area contributed by atoms with Crippen LogP contribution < -0.4 is 16.0 Å². The van der Waals surface area contributed by atoms with Crippen molar-refractivity contribution in [2.24, 2.45) is 0 Å². The number of thiazole rings is 1. The molecular formula is C32H32N4O6S3. The molecule has 3 amide bonds. The third-order valence-electron chi connectivity index (χ3n) is 6.54. The fourth-order valence-corrected chi connectivity index (χ4v) is 7.57. The third kappa shape index (κ3) is 8.29. The monoisotopic (exact) mass is 664 g/mol. The molecule has 1 aliphatic rings. The molecular weight excluding hydrogens is 633 g/mol. The van der Waals surface area contributed by atoms with Crippen molar-refractivity contribution in [1.82, 2.24) is 15.6 Å². The van der Waals surface area contributed by atoms with Crippen LogP contribution in [-0.4, -0.2) is 49.2 Å². The molecule has 0 spiro atoms. The number of anilines is 1. The molecule has 0 bridgehead atoms. The van der Waals surface area contributed by atoms with Crippen molar-refractivity contribution in [3.8, 4) is 10.6 Å². The highest BCUT2D eigenvalue weighted by molar-refractivity contribution is 7.99. The van der Waals surface area contributed by atoms with Gasteiger partial charge in [0.25, 0.3) is 11.8 Å². The standard InChI is InChI=1S/C32H32N4O6S3/c1-32(2,3)42-31(39)33-15-6-16-45(40,41)23-12-9-20(10-13-23)30-35-19-22(43-30)18-34-28(37)21-11-14-27-25(17-21)36-29(38)24-7-4-5-8-26(24)44-27/h4-5,7-14,17,19H,6,15-16,18H2,1-3H3,(H,33,39)(H,34,37)(H,36,38). The smallest absolute Gasteiger partial charge is 0.407 e. The van der Waals surface area contributed by atoms with Gasteiger partial charge in [-0.3, -0.25) is 9.59 Å². The number of alkyl carbamates (subject to hydrolysis) is 1. The van der Waals surface area contributed by atoms with E-state index in [-0.39, 0.29) is 42.0 Å². The van der Waals surface area contributed by atoms with Crippen molar-refractivity contribution in [3.63, 3.8) is 0 Å². The average molecular weight is 665 g/mol. The maximum Gasteiger partial charge on any atom is 0.407 e. The highest BCUT2D eigenvalue weighted by Crippen LogP contribution is 2.39. The summed E-state index contributed by atoms with van der Waals surface area (Å²) >= 11 is 2.86. The summed E-state index contributed by atoms with van der Waals surface area (Å²) in [6.45, 7) is 5.70. The third-order valence-corrected chi connectivity index (χ3v) is 10.6. The molecule has 10 nitrogen and oxygen atoms in total. The molecule has 45 heavy (non-hydrogen) atoms. The lowest BCUT2D eigenvalue weighted by atomic mass is 10.1. The number of nitrogens with one attached hydrogen (secondary N) is 3. The number of amides is 3. The zero-order valence-electron chi connectivity index (χ0n) is 24.9. The van der Waals surface area contributed by atoms with E-state index < -0.39 is 21.5 Å². The van der Waals surface area contributed by atoms with Gasteiger partial charge in [0.05, 0.1) is 28.4 Å². The molecule has 3 N–H and O–H groups in total. The van der Waals surface area contributed by atoms with Crippen molar-refractivity contribution in [1.29, 1.82) is 0 Å². The molecule has 0 fully saturated rings. The SMILES string of the molecule is CC(C)(C)OC(=O)NCCCS(=O)(=O)c1ccc(-c2ncc(CNC(=O)c3ccc4c(c3)NC(=O)c3ccccc3S4)s2)cc1. The Morgan fingerprint density at radius 3 is 2.49 bits per heavy atom. The number of hydrogen-bond acceptors (Lipinski definition) is 9. The van der Waals surface area contributed by atoms with Crippen LogP contribution in [0.5, 0.6) is 0 Å². The first kappa shape index (κ1) is 32.2. The van der Waals surface area contributed by atoms with Gasteiger partial charge in [-0.1, -0.05) is 36.0 Å². The van der Waals surface area contributed by atoms with Gasteiger partial charge in [-0.15, -0.1) is 11.3 Å². The van der Waals surface area contributed by atoms with Crippen LogP contribution in [0.4, 0.5) is 10.5 Å². The minimum atomic E-state index is -3.54. The summed E-state index contributed by atoms with van der Waals surface area (Å²) in [5.41, 5.74) is 1.72. The molecule has 1 aliphatic heterocycles. The van der Waals surface area contributed by atoms with Crippen molar-refractivity contribution >= 4 is 56.5 Å². The topological polar surface area (TPSA) is 144 Å². The van der Waals surface area contributed by atoms with Crippen LogP contribution in [0.3, 0.4) is 0 Å². The number of benzene rings is 3. The first-order valence-electron chi connectivity index (χ1n) is 14.1. The predicted octanol–water partition coefficient (Wildman–Crippen LogP) is 6.15. The maximum absolute atomic E-state index is 13.0. The molecule has 4 aromatic rings. The molecule has 0 unspecified atom stereocenters. The van der Waals surface area contributed by atoms with Crippen LogP contribution in [-0.2, 0) is 21.1 Å². The van der Waals surface area contributed by atoms with Gasteiger partial charge < -0.3 is 20.7 Å². The van der Waals surface area contributed by atoms with Crippen molar-refractivity contribution in [2.75, 3.05) is 17.6 Å². The van der Waals surface area contributed by atoms with E-state index in [1.54, 1.807) is 69.4 Å². The second-order valence-corrected chi connectivity index (χ2v) is 15.5. The first-order chi connectivity index (χ1) is 21.4. The zero-order chi connectivity index (χ0) is 32.2. The molecule has 0 saturated carbocycles. The van der Waals surface area contributed by atoms with Crippen molar-refractivity contribution in [2.45, 2.75) is 54.0 Å². The number of rotatable bonds is 9. The zero-order valence-corrected chi connectivity index (χ0v) is 27.3. The van der Waals surface area contributed by atoms with Gasteiger partial charge in [-0.05, 0) is 69.7 Å². The molecule has 3 aromatic carbocycles. The van der Waals surface area contributed by atoms with E-state index in [1.165, 1.54) is 23.1 Å². The largest absolute Gasteiger partial charge is 0.444 e. The van der Waals surface area contributed by atoms with E-state index in [2.05, 4.69) is 20.9 Å². The Labute approximate surface area is 269 Å². The van der Waals surface area contributed by atoms with Crippen LogP contribution in [0.2, 0.25) is 0 Å². The Balaban J connectivity index is 1.14. The Morgan fingerprint density at radius 1 is 0.978 bits per heavy atom. The molecule has 0 saturated heterocycles. The number of fused-ring (bicyclic) bond motifs is 2. The van der Waals surface area contributed by atoms with Crippen LogP contribution in [0.25, 0.3) is 10.6 Å². The van der Waals surface area contributed by atoms with Gasteiger partial charge in [-0.25, -0.2) is 18.2 Å². The Hall–Kier alpha value is -4.20. The van der Waals surface area contributed by atoms with Gasteiger partial charge in [-0.2, -0.15) is 0 Å². The summed E-state index contributed by atoms with van der Waals surface area (Å²) in [5, 5.41) is 9.06. The predicted molar refractivity (Wildman–Crippen MR) is 175 cm³/mol. The van der Waals surface area contributed by atoms with E-state index in [9.17, 15) is 22.8 Å². The first-order valence-corrected chi connectivity index (χ1v) is 17.4. The number of carbonyl (C=O) groups is 3. The highest BCUT2D eigenvalue weighted by Gasteiger charge is 2.21. The fraction of sp³-hybridized carbons (Fsp3) is 0.250. The van der Waals surface area contributed by atoms with Gasteiger partial charge >= 0.3 is 6.09 Å². The van der Waals surface area contributed by atoms with E-state index in [1.807, 2.05) is 24.3 Å². The number of aromatic nitrogens is 1. The summed E-state index contributed by atoms with van der Waals surface area (Å²) in [6.07, 6.45) is 1.34. The molecule has 13 heteroatoms. The molecule has 234 valence electrons. The number of carbonyl (C=O) groups excluding carboxylic acids is 3. The van der Waals surface area contributed by atoms with Gasteiger partial charge in [0.1, 0.15) is 10.6 Å². The number of ether oxygens (including phenoxy) is 1. The number of nitrogens with zero attached hydrogens (tertiary/aromatic N) is 1. The minimum Gasteiger partial charge on any atom is -0.444 e. The van der Waals surface area contributed by atoms with Crippen molar-refractivity contribution in [3.05, 3.63) is 88.9 Å². The van der Waals surface area contributed by atoms with Crippen LogP contribution in [0.1, 0.15) is 52.8 Å². The van der Waals surface area contributed by atoms with Crippen LogP contribution >= 0.6 is 23.1 Å². The highest BCUT2D eigenvalue weighted by atomic mass is 32.2. The van der Waals surface area contributed by atoms with E-state index in [0.717, 1.165) is 20.2 Å². The van der Waals surface area contributed by atoms with Crippen molar-refractivity contribution < 1.29 is 27.5 Å². The lowest BCUT2D eigenvalue weighted by molar-refractivity contribution is 0.0527. The van der Waals surface area contributed by atoms with Gasteiger partial charge in [0.2, 0.25) is 0 Å². The summed E-state index contributed by atoms with van der Waals surface area (Å²) in [5.74, 6) is -0.624. The number of sulfone groups is 1. The quantitative estimate of drug-likeness (QED) is 0.181. The summed E-state index contributed by atoms with van der Waals surface area (Å²) in [6, 6.07) is 19.1. The fourth-order valence-electron chi connectivity index (χ4n) is 4.39. The summed E-state index contributed by atoms with van der Waals surface area (Å²) < 4.78 is 30.7. The Morgan fingerprint density at radius 2 is 1.73 bits per heavy atom. The summed E-state index contributed by atoms with van der Waals surface area (Å²) in [7, 11) is -3.54. The molecule has 0 aliphatic carbocycles. The molecule has 2 heterocycles. The van der Waals surface area contributed by atoms with E-state index >= 15 is 0 Å². The normalized spacial score (nSPS) is 12.7. The lowest BCUT2D eigenvalue weighted by Gasteiger charge is -2.19. The van der Waals surface area contributed by atoms with E-state index in [4.69, 9.17) is 4.74 Å².